The first kappa shape index (κ1) is 13.7. The summed E-state index contributed by atoms with van der Waals surface area (Å²) in [5.74, 6) is 1.20. The largest absolute Gasteiger partial charge is 0.378 e. The molecule has 0 saturated carbocycles. The summed E-state index contributed by atoms with van der Waals surface area (Å²) >= 11 is 5.30. The van der Waals surface area contributed by atoms with Crippen molar-refractivity contribution >= 4 is 39.1 Å². The second-order valence-corrected chi connectivity index (χ2v) is 6.61. The van der Waals surface area contributed by atoms with Crippen LogP contribution in [0.5, 0.6) is 0 Å². The second-order valence-electron chi connectivity index (χ2n) is 4.29. The minimum Gasteiger partial charge on any atom is -0.378 e. The van der Waals surface area contributed by atoms with Gasteiger partial charge in [0, 0.05) is 22.3 Å². The van der Waals surface area contributed by atoms with Gasteiger partial charge in [0.1, 0.15) is 5.69 Å². The van der Waals surface area contributed by atoms with Gasteiger partial charge in [0.25, 0.3) is 5.69 Å². The highest BCUT2D eigenvalue weighted by atomic mass is 79.9. The van der Waals surface area contributed by atoms with Crippen LogP contribution in [-0.4, -0.2) is 22.5 Å². The highest BCUT2D eigenvalue weighted by molar-refractivity contribution is 9.10. The van der Waals surface area contributed by atoms with E-state index in [9.17, 15) is 10.1 Å². The SMILES string of the molecule is O=[N+]([O-])c1ccc(Br)cc1NCC1CCCCS1. The molecule has 0 aliphatic carbocycles. The maximum atomic E-state index is 10.9. The van der Waals surface area contributed by atoms with E-state index in [4.69, 9.17) is 0 Å². The van der Waals surface area contributed by atoms with Crippen molar-refractivity contribution < 1.29 is 4.92 Å². The number of nitro groups is 1. The summed E-state index contributed by atoms with van der Waals surface area (Å²) < 4.78 is 0.854. The maximum absolute atomic E-state index is 10.9. The quantitative estimate of drug-likeness (QED) is 0.668. The minimum absolute atomic E-state index is 0.138. The normalized spacial score (nSPS) is 19.5. The van der Waals surface area contributed by atoms with Crippen LogP contribution in [0.3, 0.4) is 0 Å². The maximum Gasteiger partial charge on any atom is 0.292 e. The summed E-state index contributed by atoms with van der Waals surface area (Å²) in [6.07, 6.45) is 3.75. The zero-order valence-corrected chi connectivity index (χ0v) is 12.3. The van der Waals surface area contributed by atoms with Crippen molar-refractivity contribution in [3.63, 3.8) is 0 Å². The van der Waals surface area contributed by atoms with Crippen LogP contribution in [-0.2, 0) is 0 Å². The molecule has 1 atom stereocenters. The molecular formula is C12H15BrN2O2S. The fourth-order valence-electron chi connectivity index (χ4n) is 2.00. The lowest BCUT2D eigenvalue weighted by atomic mass is 10.2. The van der Waals surface area contributed by atoms with E-state index in [1.807, 2.05) is 11.8 Å². The Kier molecular flexibility index (Phi) is 4.88. The number of hydrogen-bond donors (Lipinski definition) is 1. The molecule has 0 bridgehead atoms. The van der Waals surface area contributed by atoms with Crippen molar-refractivity contribution in [2.45, 2.75) is 24.5 Å². The van der Waals surface area contributed by atoms with Crippen LogP contribution in [0.1, 0.15) is 19.3 Å². The third kappa shape index (κ3) is 3.62. The Morgan fingerprint density at radius 1 is 1.50 bits per heavy atom. The standard InChI is InChI=1S/C12H15BrN2O2S/c13-9-4-5-12(15(16)17)11(7-9)14-8-10-3-1-2-6-18-10/h4-5,7,10,14H,1-3,6,8H2. The monoisotopic (exact) mass is 330 g/mol. The topological polar surface area (TPSA) is 55.2 Å². The van der Waals surface area contributed by atoms with E-state index in [0.717, 1.165) is 11.0 Å². The Morgan fingerprint density at radius 3 is 3.00 bits per heavy atom. The van der Waals surface area contributed by atoms with Gasteiger partial charge in [0.2, 0.25) is 0 Å². The van der Waals surface area contributed by atoms with Gasteiger partial charge in [-0.25, -0.2) is 0 Å². The van der Waals surface area contributed by atoms with Gasteiger partial charge in [-0.15, -0.1) is 0 Å². The Balaban J connectivity index is 2.03. The molecule has 1 aliphatic rings. The van der Waals surface area contributed by atoms with Gasteiger partial charge in [0.15, 0.2) is 0 Å². The number of hydrogen-bond acceptors (Lipinski definition) is 4. The molecule has 2 rings (SSSR count). The molecule has 0 aromatic heterocycles. The molecule has 98 valence electrons. The van der Waals surface area contributed by atoms with Crippen LogP contribution in [0.4, 0.5) is 11.4 Å². The Bertz CT molecular complexity index is 436. The molecule has 1 fully saturated rings. The first-order valence-electron chi connectivity index (χ1n) is 5.96. The van der Waals surface area contributed by atoms with E-state index < -0.39 is 0 Å². The van der Waals surface area contributed by atoms with Crippen molar-refractivity contribution in [2.24, 2.45) is 0 Å². The van der Waals surface area contributed by atoms with E-state index in [1.165, 1.54) is 31.1 Å². The molecule has 0 amide bonds. The molecular weight excluding hydrogens is 316 g/mol. The molecule has 18 heavy (non-hydrogen) atoms. The number of rotatable bonds is 4. The third-order valence-corrected chi connectivity index (χ3v) is 4.84. The van der Waals surface area contributed by atoms with Crippen LogP contribution in [0.25, 0.3) is 0 Å². The lowest BCUT2D eigenvalue weighted by molar-refractivity contribution is -0.384. The number of anilines is 1. The van der Waals surface area contributed by atoms with Gasteiger partial charge < -0.3 is 5.32 Å². The lowest BCUT2D eigenvalue weighted by Gasteiger charge is -2.21. The van der Waals surface area contributed by atoms with Gasteiger partial charge in [0.05, 0.1) is 4.92 Å². The summed E-state index contributed by atoms with van der Waals surface area (Å²) in [5, 5.41) is 14.7. The minimum atomic E-state index is -0.344. The molecule has 1 aromatic rings. The van der Waals surface area contributed by atoms with Crippen molar-refractivity contribution in [3.8, 4) is 0 Å². The molecule has 0 radical (unpaired) electrons. The molecule has 1 saturated heterocycles. The van der Waals surface area contributed by atoms with Crippen molar-refractivity contribution in [1.29, 1.82) is 0 Å². The van der Waals surface area contributed by atoms with Crippen LogP contribution < -0.4 is 5.32 Å². The smallest absolute Gasteiger partial charge is 0.292 e. The Morgan fingerprint density at radius 2 is 2.33 bits per heavy atom. The zero-order valence-electron chi connectivity index (χ0n) is 9.89. The summed E-state index contributed by atoms with van der Waals surface area (Å²) in [5.41, 5.74) is 0.736. The fraction of sp³-hybridized carbons (Fsp3) is 0.500. The number of nitrogens with zero attached hydrogens (tertiary/aromatic N) is 1. The summed E-state index contributed by atoms with van der Waals surface area (Å²) in [4.78, 5) is 10.6. The molecule has 1 unspecified atom stereocenters. The first-order chi connectivity index (χ1) is 8.66. The highest BCUT2D eigenvalue weighted by Crippen LogP contribution is 2.30. The van der Waals surface area contributed by atoms with Crippen LogP contribution >= 0.6 is 27.7 Å². The van der Waals surface area contributed by atoms with E-state index in [0.29, 0.717) is 10.9 Å². The third-order valence-electron chi connectivity index (χ3n) is 2.95. The summed E-state index contributed by atoms with van der Waals surface area (Å²) in [7, 11) is 0. The van der Waals surface area contributed by atoms with E-state index in [2.05, 4.69) is 21.2 Å². The predicted molar refractivity (Wildman–Crippen MR) is 79.4 cm³/mol. The molecule has 4 nitrogen and oxygen atoms in total. The number of benzene rings is 1. The predicted octanol–water partition coefficient (Wildman–Crippen LogP) is 4.05. The molecule has 1 heterocycles. The zero-order chi connectivity index (χ0) is 13.0. The summed E-state index contributed by atoms with van der Waals surface area (Å²) in [6, 6.07) is 4.99. The molecule has 6 heteroatoms. The number of nitro benzene ring substituents is 1. The van der Waals surface area contributed by atoms with Crippen LogP contribution in [0.2, 0.25) is 0 Å². The van der Waals surface area contributed by atoms with E-state index >= 15 is 0 Å². The van der Waals surface area contributed by atoms with Crippen molar-refractivity contribution in [2.75, 3.05) is 17.6 Å². The van der Waals surface area contributed by atoms with Gasteiger partial charge in [-0.3, -0.25) is 10.1 Å². The van der Waals surface area contributed by atoms with Crippen molar-refractivity contribution in [3.05, 3.63) is 32.8 Å². The molecule has 1 aromatic carbocycles. The van der Waals surface area contributed by atoms with Gasteiger partial charge >= 0.3 is 0 Å². The van der Waals surface area contributed by atoms with Gasteiger partial charge in [-0.05, 0) is 30.7 Å². The molecule has 0 spiro atoms. The van der Waals surface area contributed by atoms with Crippen LogP contribution in [0, 0.1) is 10.1 Å². The van der Waals surface area contributed by atoms with Crippen molar-refractivity contribution in [1.82, 2.24) is 0 Å². The average molecular weight is 331 g/mol. The number of halogens is 1. The number of nitrogens with one attached hydrogen (secondary N) is 1. The van der Waals surface area contributed by atoms with Gasteiger partial charge in [-0.2, -0.15) is 11.8 Å². The Labute approximate surface area is 119 Å². The number of thioether (sulfide) groups is 1. The van der Waals surface area contributed by atoms with Gasteiger partial charge in [-0.1, -0.05) is 22.4 Å². The second kappa shape index (κ2) is 6.43. The van der Waals surface area contributed by atoms with Crippen LogP contribution in [0.15, 0.2) is 22.7 Å². The fourth-order valence-corrected chi connectivity index (χ4v) is 3.60. The Hall–Kier alpha value is -0.750. The van der Waals surface area contributed by atoms with E-state index in [1.54, 1.807) is 12.1 Å². The first-order valence-corrected chi connectivity index (χ1v) is 7.80. The lowest BCUT2D eigenvalue weighted by Crippen LogP contribution is -2.20. The molecule has 1 aliphatic heterocycles. The summed E-state index contributed by atoms with van der Waals surface area (Å²) in [6.45, 7) is 0.794. The molecule has 1 N–H and O–H groups in total. The highest BCUT2D eigenvalue weighted by Gasteiger charge is 2.17. The average Bonchev–Trinajstić information content (AvgIpc) is 2.37. The van der Waals surface area contributed by atoms with E-state index in [-0.39, 0.29) is 10.6 Å².